The summed E-state index contributed by atoms with van der Waals surface area (Å²) in [4.78, 5) is 10.5. The summed E-state index contributed by atoms with van der Waals surface area (Å²) in [6.07, 6.45) is -4.83. The first-order valence-corrected chi connectivity index (χ1v) is 4.02. The van der Waals surface area contributed by atoms with Crippen LogP contribution in [0.2, 0.25) is 0 Å². The molecule has 0 radical (unpaired) electrons. The minimum Gasteiger partial charge on any atom is -0.387 e. The van der Waals surface area contributed by atoms with Crippen LogP contribution in [0, 0.1) is 0 Å². The van der Waals surface area contributed by atoms with Crippen molar-refractivity contribution in [2.24, 2.45) is 0 Å². The highest BCUT2D eigenvalue weighted by Gasteiger charge is 2.41. The highest BCUT2D eigenvalue weighted by Crippen LogP contribution is 2.28. The van der Waals surface area contributed by atoms with E-state index < -0.39 is 23.7 Å². The van der Waals surface area contributed by atoms with Gasteiger partial charge in [0.15, 0.2) is 0 Å². The van der Waals surface area contributed by atoms with Crippen molar-refractivity contribution in [1.82, 2.24) is 0 Å². The number of rotatable bonds is 2. The predicted molar refractivity (Wildman–Crippen MR) is 47.1 cm³/mol. The number of halogens is 3. The third-order valence-electron chi connectivity index (χ3n) is 1.65. The van der Waals surface area contributed by atoms with Crippen LogP contribution in [0.3, 0.4) is 0 Å². The van der Waals surface area contributed by atoms with E-state index >= 15 is 0 Å². The zero-order chi connectivity index (χ0) is 11.5. The first kappa shape index (κ1) is 11.5. The van der Waals surface area contributed by atoms with E-state index in [9.17, 15) is 18.0 Å². The number of carbonyl (C=O) groups excluding carboxylic acids is 1. The fourth-order valence-electron chi connectivity index (χ4n) is 1.08. The summed E-state index contributed by atoms with van der Waals surface area (Å²) in [5, 5.41) is 8.44. The summed E-state index contributed by atoms with van der Waals surface area (Å²) < 4.78 is 37.3. The zero-order valence-electron chi connectivity index (χ0n) is 7.53. The normalized spacial score (nSPS) is 11.2. The van der Waals surface area contributed by atoms with Crippen LogP contribution in [0.15, 0.2) is 30.3 Å². The number of hydrogen-bond acceptors (Lipinski definition) is 2. The van der Waals surface area contributed by atoms with Gasteiger partial charge in [-0.3, -0.25) is 4.79 Å². The largest absolute Gasteiger partial charge is 0.491 e. The number of aliphatic hydroxyl groups excluding tert-OH is 1. The topological polar surface area (TPSA) is 40.5 Å². The molecule has 3 nitrogen and oxygen atoms in total. The number of carbonyl (C=O) groups is 1. The van der Waals surface area contributed by atoms with E-state index in [1.807, 2.05) is 0 Å². The van der Waals surface area contributed by atoms with Gasteiger partial charge in [-0.1, -0.05) is 18.2 Å². The number of para-hydroxylation sites is 1. The lowest BCUT2D eigenvalue weighted by Crippen LogP contribution is -2.44. The maximum atomic E-state index is 12.4. The van der Waals surface area contributed by atoms with Gasteiger partial charge in [0.25, 0.3) is 5.91 Å². The summed E-state index contributed by atoms with van der Waals surface area (Å²) in [6, 6.07) is 6.56. The van der Waals surface area contributed by atoms with Gasteiger partial charge >= 0.3 is 6.30 Å². The molecule has 1 aromatic rings. The monoisotopic (exact) mass is 219 g/mol. The van der Waals surface area contributed by atoms with E-state index in [0.717, 1.165) is 12.1 Å². The molecule has 0 saturated carbocycles. The van der Waals surface area contributed by atoms with Crippen molar-refractivity contribution >= 4 is 11.6 Å². The fraction of sp³-hybridized carbons (Fsp3) is 0.222. The van der Waals surface area contributed by atoms with Gasteiger partial charge in [0.1, 0.15) is 6.61 Å². The second kappa shape index (κ2) is 4.31. The molecule has 0 aromatic heterocycles. The number of alkyl halides is 3. The Morgan fingerprint density at radius 2 is 1.80 bits per heavy atom. The number of amides is 1. The van der Waals surface area contributed by atoms with Crippen molar-refractivity contribution in [3.05, 3.63) is 30.3 Å². The van der Waals surface area contributed by atoms with E-state index in [1.54, 1.807) is 0 Å². The lowest BCUT2D eigenvalue weighted by Gasteiger charge is -2.24. The van der Waals surface area contributed by atoms with Crippen LogP contribution >= 0.6 is 0 Å². The number of nitrogens with zero attached hydrogens (tertiary/aromatic N) is 1. The lowest BCUT2D eigenvalue weighted by atomic mass is 10.3. The van der Waals surface area contributed by atoms with Crippen molar-refractivity contribution in [3.63, 3.8) is 0 Å². The molecular formula is C9H8F3NO2. The standard InChI is InChI=1S/C9H8F3NO2/c10-9(11,12)13(8(15)6-14)7-4-2-1-3-5-7/h1-5,14H,6H2. The Hall–Kier alpha value is -1.56. The van der Waals surface area contributed by atoms with Crippen LogP contribution in [-0.4, -0.2) is 23.9 Å². The van der Waals surface area contributed by atoms with E-state index in [0.29, 0.717) is 0 Å². The van der Waals surface area contributed by atoms with Gasteiger partial charge in [0, 0.05) is 0 Å². The Balaban J connectivity index is 3.08. The maximum Gasteiger partial charge on any atom is 0.491 e. The van der Waals surface area contributed by atoms with Crippen LogP contribution in [0.25, 0.3) is 0 Å². The SMILES string of the molecule is O=C(CO)N(c1ccccc1)C(F)(F)F. The predicted octanol–water partition coefficient (Wildman–Crippen LogP) is 1.53. The van der Waals surface area contributed by atoms with Crippen molar-refractivity contribution in [2.75, 3.05) is 11.5 Å². The second-order valence-electron chi connectivity index (χ2n) is 2.69. The van der Waals surface area contributed by atoms with Gasteiger partial charge in [-0.2, -0.15) is 0 Å². The Kier molecular flexibility index (Phi) is 3.31. The molecule has 0 saturated heterocycles. The van der Waals surface area contributed by atoms with Crippen molar-refractivity contribution < 1.29 is 23.1 Å². The highest BCUT2D eigenvalue weighted by atomic mass is 19.4. The number of aliphatic hydroxyl groups is 1. The summed E-state index contributed by atoms with van der Waals surface area (Å²) in [5.41, 5.74) is -0.316. The Morgan fingerprint density at radius 3 is 2.20 bits per heavy atom. The molecule has 0 atom stereocenters. The molecule has 0 aliphatic heterocycles. The highest BCUT2D eigenvalue weighted by molar-refractivity contribution is 5.94. The minimum absolute atomic E-state index is 0.316. The molecule has 15 heavy (non-hydrogen) atoms. The minimum atomic E-state index is -4.83. The van der Waals surface area contributed by atoms with E-state index in [1.165, 1.54) is 18.2 Å². The van der Waals surface area contributed by atoms with Crippen molar-refractivity contribution in [3.8, 4) is 0 Å². The summed E-state index contributed by atoms with van der Waals surface area (Å²) in [7, 11) is 0. The van der Waals surface area contributed by atoms with Gasteiger partial charge in [0.2, 0.25) is 0 Å². The van der Waals surface area contributed by atoms with Crippen LogP contribution in [0.4, 0.5) is 18.9 Å². The summed E-state index contributed by atoms with van der Waals surface area (Å²) in [5.74, 6) is -1.41. The van der Waals surface area contributed by atoms with Gasteiger partial charge in [-0.15, -0.1) is 13.2 Å². The van der Waals surface area contributed by atoms with Gasteiger partial charge in [-0.05, 0) is 12.1 Å². The molecule has 0 aliphatic rings. The van der Waals surface area contributed by atoms with Crippen LogP contribution in [0.5, 0.6) is 0 Å². The van der Waals surface area contributed by atoms with E-state index in [2.05, 4.69) is 0 Å². The smallest absolute Gasteiger partial charge is 0.387 e. The lowest BCUT2D eigenvalue weighted by molar-refractivity contribution is -0.151. The first-order valence-electron chi connectivity index (χ1n) is 4.02. The Labute approximate surface area is 83.7 Å². The molecule has 0 heterocycles. The van der Waals surface area contributed by atoms with Crippen LogP contribution < -0.4 is 4.90 Å². The zero-order valence-corrected chi connectivity index (χ0v) is 7.53. The third-order valence-corrected chi connectivity index (χ3v) is 1.65. The maximum absolute atomic E-state index is 12.4. The molecule has 0 fully saturated rings. The Morgan fingerprint density at radius 1 is 1.27 bits per heavy atom. The molecular weight excluding hydrogens is 211 g/mol. The van der Waals surface area contributed by atoms with Gasteiger partial charge < -0.3 is 5.11 Å². The third kappa shape index (κ3) is 2.69. The van der Waals surface area contributed by atoms with Crippen LogP contribution in [-0.2, 0) is 4.79 Å². The fourth-order valence-corrected chi connectivity index (χ4v) is 1.08. The number of hydrogen-bond donors (Lipinski definition) is 1. The molecule has 0 unspecified atom stereocenters. The average Bonchev–Trinajstić information content (AvgIpc) is 2.17. The average molecular weight is 219 g/mol. The molecule has 1 amide bonds. The number of benzene rings is 1. The van der Waals surface area contributed by atoms with E-state index in [-0.39, 0.29) is 5.69 Å². The molecule has 1 aromatic carbocycles. The summed E-state index contributed by atoms with van der Waals surface area (Å²) >= 11 is 0. The van der Waals surface area contributed by atoms with Gasteiger partial charge in [0.05, 0.1) is 5.69 Å². The molecule has 0 aliphatic carbocycles. The number of anilines is 1. The van der Waals surface area contributed by atoms with Crippen molar-refractivity contribution in [1.29, 1.82) is 0 Å². The molecule has 1 rings (SSSR count). The molecule has 0 bridgehead atoms. The van der Waals surface area contributed by atoms with Crippen LogP contribution in [0.1, 0.15) is 0 Å². The molecule has 0 spiro atoms. The van der Waals surface area contributed by atoms with Gasteiger partial charge in [-0.25, -0.2) is 4.90 Å². The second-order valence-corrected chi connectivity index (χ2v) is 2.69. The molecule has 1 N–H and O–H groups in total. The quantitative estimate of drug-likeness (QED) is 0.766. The summed E-state index contributed by atoms with van der Waals surface area (Å²) in [6.45, 7) is -1.19. The van der Waals surface area contributed by atoms with Crippen molar-refractivity contribution in [2.45, 2.75) is 6.30 Å². The van der Waals surface area contributed by atoms with E-state index in [4.69, 9.17) is 5.11 Å². The molecule has 6 heteroatoms. The Bertz CT molecular complexity index is 337. The molecule has 82 valence electrons. The first-order chi connectivity index (χ1) is 6.96.